The number of hydrogen-bond acceptors (Lipinski definition) is 3. The Bertz CT molecular complexity index is 654. The second-order valence-corrected chi connectivity index (χ2v) is 11.0. The van der Waals surface area contributed by atoms with E-state index in [2.05, 4.69) is 62.3 Å². The van der Waals surface area contributed by atoms with E-state index in [1.165, 1.54) is 0 Å². The first-order chi connectivity index (χ1) is 13.1. The second-order valence-electron chi connectivity index (χ2n) is 11.0. The van der Waals surface area contributed by atoms with Crippen LogP contribution >= 0.6 is 0 Å². The molecule has 0 saturated carbocycles. The van der Waals surface area contributed by atoms with E-state index in [-0.39, 0.29) is 27.8 Å². The van der Waals surface area contributed by atoms with E-state index < -0.39 is 0 Å². The first-order valence-electron chi connectivity index (χ1n) is 11.1. The molecule has 0 aliphatic carbocycles. The van der Waals surface area contributed by atoms with Crippen LogP contribution < -0.4 is 4.74 Å². The predicted molar refractivity (Wildman–Crippen MR) is 123 cm³/mol. The highest BCUT2D eigenvalue weighted by atomic mass is 16.5. The average molecular weight is 405 g/mol. The van der Waals surface area contributed by atoms with Gasteiger partial charge in [0.1, 0.15) is 11.4 Å². The average Bonchev–Trinajstić information content (AvgIpc) is 2.59. The lowest BCUT2D eigenvalue weighted by molar-refractivity contribution is -0.0679. The summed E-state index contributed by atoms with van der Waals surface area (Å²) in [5, 5.41) is 0. The van der Waals surface area contributed by atoms with Gasteiger partial charge < -0.3 is 9.47 Å². The molecule has 1 aromatic rings. The van der Waals surface area contributed by atoms with E-state index in [1.807, 2.05) is 24.3 Å². The topological polar surface area (TPSA) is 35.5 Å². The van der Waals surface area contributed by atoms with Gasteiger partial charge in [-0.15, -0.1) is 0 Å². The summed E-state index contributed by atoms with van der Waals surface area (Å²) >= 11 is 0. The Kier molecular flexibility index (Phi) is 8.54. The zero-order valence-corrected chi connectivity index (χ0v) is 20.6. The van der Waals surface area contributed by atoms with Gasteiger partial charge in [0.05, 0.1) is 12.2 Å². The van der Waals surface area contributed by atoms with Crippen molar-refractivity contribution in [3.8, 4) is 5.75 Å². The third-order valence-electron chi connectivity index (χ3n) is 5.92. The van der Waals surface area contributed by atoms with Crippen LogP contribution in [0, 0.1) is 10.8 Å². The molecule has 3 nitrogen and oxygen atoms in total. The molecule has 2 unspecified atom stereocenters. The smallest absolute Gasteiger partial charge is 0.159 e. The molecule has 0 aliphatic heterocycles. The molecule has 0 heterocycles. The summed E-state index contributed by atoms with van der Waals surface area (Å²) in [7, 11) is 0. The Morgan fingerprint density at radius 1 is 0.828 bits per heavy atom. The van der Waals surface area contributed by atoms with E-state index in [0.717, 1.165) is 38.0 Å². The van der Waals surface area contributed by atoms with Crippen LogP contribution in [0.25, 0.3) is 0 Å². The molecule has 166 valence electrons. The fraction of sp³-hybridized carbons (Fsp3) is 0.731. The minimum absolute atomic E-state index is 0.0747. The maximum atomic E-state index is 11.5. The van der Waals surface area contributed by atoms with Crippen LogP contribution in [-0.4, -0.2) is 23.6 Å². The lowest BCUT2D eigenvalue weighted by Crippen LogP contribution is -2.40. The van der Waals surface area contributed by atoms with E-state index >= 15 is 0 Å². The maximum Gasteiger partial charge on any atom is 0.159 e. The molecule has 29 heavy (non-hydrogen) atoms. The number of hydrogen-bond donors (Lipinski definition) is 0. The molecule has 1 aromatic carbocycles. The molecule has 0 bridgehead atoms. The summed E-state index contributed by atoms with van der Waals surface area (Å²) in [6.07, 6.45) is 4.23. The molecule has 0 saturated heterocycles. The molecule has 1 rings (SSSR count). The van der Waals surface area contributed by atoms with E-state index in [0.29, 0.717) is 5.56 Å². The fourth-order valence-corrected chi connectivity index (χ4v) is 4.15. The fourth-order valence-electron chi connectivity index (χ4n) is 4.15. The largest absolute Gasteiger partial charge is 0.488 e. The van der Waals surface area contributed by atoms with E-state index in [1.54, 1.807) is 6.92 Å². The molecule has 3 heteroatoms. The molecule has 0 radical (unpaired) electrons. The molecule has 0 spiro atoms. The molecule has 0 aliphatic rings. The third-order valence-corrected chi connectivity index (χ3v) is 5.92. The standard InChI is InChI=1S/C26H44O3/c1-11-25(9,18-26(10,12-2)19-28-23(4,5)6)17-24(7,8)29-22-15-13-21(14-16-22)20(3)27/h13-16H,11-12,17-19H2,1-10H3. The second kappa shape index (κ2) is 9.64. The molecule has 0 fully saturated rings. The van der Waals surface area contributed by atoms with Gasteiger partial charge >= 0.3 is 0 Å². The van der Waals surface area contributed by atoms with E-state index in [9.17, 15) is 4.79 Å². The third kappa shape index (κ3) is 8.90. The van der Waals surface area contributed by atoms with Gasteiger partial charge in [-0.25, -0.2) is 0 Å². The highest BCUT2D eigenvalue weighted by Gasteiger charge is 2.39. The Morgan fingerprint density at radius 2 is 1.34 bits per heavy atom. The summed E-state index contributed by atoms with van der Waals surface area (Å²) in [6, 6.07) is 7.47. The SMILES string of the molecule is CCC(C)(COC(C)(C)C)CC(C)(CC)CC(C)(C)Oc1ccc(C(C)=O)cc1. The summed E-state index contributed by atoms with van der Waals surface area (Å²) in [5.41, 5.74) is 0.577. The van der Waals surface area contributed by atoms with Crippen LogP contribution in [0.1, 0.15) is 105 Å². The van der Waals surface area contributed by atoms with Gasteiger partial charge in [-0.2, -0.15) is 0 Å². The van der Waals surface area contributed by atoms with Crippen molar-refractivity contribution < 1.29 is 14.3 Å². The normalized spacial score (nSPS) is 16.8. The molecule has 0 N–H and O–H groups in total. The highest BCUT2D eigenvalue weighted by Crippen LogP contribution is 2.45. The number of carbonyl (C=O) groups excluding carboxylic acids is 1. The van der Waals surface area contributed by atoms with Gasteiger partial charge in [0.25, 0.3) is 0 Å². The van der Waals surface area contributed by atoms with Gasteiger partial charge in [-0.05, 0) is 95.9 Å². The van der Waals surface area contributed by atoms with Crippen LogP contribution in [0.5, 0.6) is 5.75 Å². The number of rotatable bonds is 11. The van der Waals surface area contributed by atoms with Gasteiger partial charge in [0, 0.05) is 5.56 Å². The first-order valence-corrected chi connectivity index (χ1v) is 11.1. The number of ketones is 1. The Labute approximate surface area is 179 Å². The monoisotopic (exact) mass is 404 g/mol. The van der Waals surface area contributed by atoms with Crippen molar-refractivity contribution in [1.29, 1.82) is 0 Å². The van der Waals surface area contributed by atoms with Crippen LogP contribution in [-0.2, 0) is 4.74 Å². The van der Waals surface area contributed by atoms with Crippen molar-refractivity contribution in [1.82, 2.24) is 0 Å². The Balaban J connectivity index is 2.89. The number of carbonyl (C=O) groups is 1. The summed E-state index contributed by atoms with van der Waals surface area (Å²) < 4.78 is 12.5. The van der Waals surface area contributed by atoms with Crippen molar-refractivity contribution in [2.45, 2.75) is 106 Å². The minimum Gasteiger partial charge on any atom is -0.488 e. The van der Waals surface area contributed by atoms with Crippen molar-refractivity contribution in [2.75, 3.05) is 6.61 Å². The number of benzene rings is 1. The Morgan fingerprint density at radius 3 is 1.76 bits per heavy atom. The summed E-state index contributed by atoms with van der Waals surface area (Å²) in [4.78, 5) is 11.5. The predicted octanol–water partition coefficient (Wildman–Crippen LogP) is 7.47. The van der Waals surface area contributed by atoms with Gasteiger partial charge in [0.15, 0.2) is 5.78 Å². The Hall–Kier alpha value is -1.35. The maximum absolute atomic E-state index is 11.5. The van der Waals surface area contributed by atoms with Crippen molar-refractivity contribution in [3.05, 3.63) is 29.8 Å². The van der Waals surface area contributed by atoms with Crippen LogP contribution in [0.15, 0.2) is 24.3 Å². The van der Waals surface area contributed by atoms with Gasteiger partial charge in [0.2, 0.25) is 0 Å². The zero-order chi connectivity index (χ0) is 22.5. The highest BCUT2D eigenvalue weighted by molar-refractivity contribution is 5.94. The van der Waals surface area contributed by atoms with Crippen LogP contribution in [0.2, 0.25) is 0 Å². The molecule has 2 atom stereocenters. The molecular formula is C26H44O3. The van der Waals surface area contributed by atoms with Gasteiger partial charge in [-0.3, -0.25) is 4.79 Å². The van der Waals surface area contributed by atoms with Crippen LogP contribution in [0.3, 0.4) is 0 Å². The molecular weight excluding hydrogens is 360 g/mol. The number of Topliss-reactive ketones (excluding diaryl/α,β-unsaturated/α-hetero) is 1. The van der Waals surface area contributed by atoms with Gasteiger partial charge in [-0.1, -0.05) is 34.1 Å². The summed E-state index contributed by atoms with van der Waals surface area (Å²) in [5.74, 6) is 0.887. The summed E-state index contributed by atoms with van der Waals surface area (Å²) in [6.45, 7) is 22.3. The number of ether oxygens (including phenoxy) is 2. The lowest BCUT2D eigenvalue weighted by Gasteiger charge is -2.43. The lowest BCUT2D eigenvalue weighted by atomic mass is 9.66. The van der Waals surface area contributed by atoms with Crippen molar-refractivity contribution >= 4 is 5.78 Å². The van der Waals surface area contributed by atoms with Crippen molar-refractivity contribution in [3.63, 3.8) is 0 Å². The molecule has 0 amide bonds. The zero-order valence-electron chi connectivity index (χ0n) is 20.6. The molecule has 0 aromatic heterocycles. The van der Waals surface area contributed by atoms with Crippen LogP contribution in [0.4, 0.5) is 0 Å². The van der Waals surface area contributed by atoms with E-state index in [4.69, 9.17) is 9.47 Å². The quantitative estimate of drug-likeness (QED) is 0.359. The minimum atomic E-state index is -0.304. The van der Waals surface area contributed by atoms with Crippen molar-refractivity contribution in [2.24, 2.45) is 10.8 Å². The first kappa shape index (κ1) is 25.7.